The molecule has 6 rings (SSSR count). The third kappa shape index (κ3) is 3.27. The first-order valence-corrected chi connectivity index (χ1v) is 11.3. The Hall–Kier alpha value is -3.23. The van der Waals surface area contributed by atoms with Crippen LogP contribution in [-0.4, -0.2) is 48.9 Å². The van der Waals surface area contributed by atoms with Gasteiger partial charge in [0, 0.05) is 17.6 Å². The molecule has 3 aliphatic rings. The maximum absolute atomic E-state index is 13.7. The smallest absolute Gasteiger partial charge is 0.258 e. The van der Waals surface area contributed by atoms with E-state index in [9.17, 15) is 4.79 Å². The van der Waals surface area contributed by atoms with Crippen molar-refractivity contribution in [2.75, 3.05) is 11.9 Å². The van der Waals surface area contributed by atoms with Crippen molar-refractivity contribution in [2.45, 2.75) is 70.6 Å². The monoisotopic (exact) mass is 434 g/mol. The number of nitrogens with one attached hydrogen (secondary N) is 1. The summed E-state index contributed by atoms with van der Waals surface area (Å²) >= 11 is 0. The summed E-state index contributed by atoms with van der Waals surface area (Å²) in [5, 5.41) is 4.14. The van der Waals surface area contributed by atoms with Gasteiger partial charge < -0.3 is 19.4 Å². The largest absolute Gasteiger partial charge is 0.474 e. The molecule has 2 fully saturated rings. The Kier molecular flexibility index (Phi) is 4.34. The van der Waals surface area contributed by atoms with E-state index in [2.05, 4.69) is 32.2 Å². The second-order valence-electron chi connectivity index (χ2n) is 9.37. The number of hydrogen-bond acceptors (Lipinski definition) is 8. The normalized spacial score (nSPS) is 19.4. The van der Waals surface area contributed by atoms with E-state index >= 15 is 0 Å². The summed E-state index contributed by atoms with van der Waals surface area (Å²) in [4.78, 5) is 33.0. The number of amides is 1. The molecule has 1 amide bonds. The van der Waals surface area contributed by atoms with Crippen molar-refractivity contribution in [1.29, 1.82) is 0 Å². The highest BCUT2D eigenvalue weighted by atomic mass is 16.5. The van der Waals surface area contributed by atoms with Crippen molar-refractivity contribution in [3.63, 3.8) is 0 Å². The van der Waals surface area contributed by atoms with E-state index < -0.39 is 0 Å². The number of ether oxygens (including phenoxy) is 1. The van der Waals surface area contributed by atoms with Gasteiger partial charge in [0.1, 0.15) is 30.3 Å². The zero-order chi connectivity index (χ0) is 21.9. The molecule has 3 aromatic heterocycles. The van der Waals surface area contributed by atoms with E-state index in [1.165, 1.54) is 19.1 Å². The number of rotatable bonds is 5. The Balaban J connectivity index is 1.31. The Bertz CT molecular complexity index is 1210. The fourth-order valence-corrected chi connectivity index (χ4v) is 4.40. The molecule has 2 saturated carbocycles. The van der Waals surface area contributed by atoms with Gasteiger partial charge in [-0.25, -0.2) is 19.9 Å². The lowest BCUT2D eigenvalue weighted by molar-refractivity contribution is 0.0724. The highest BCUT2D eigenvalue weighted by Gasteiger charge is 2.39. The summed E-state index contributed by atoms with van der Waals surface area (Å²) in [6.07, 6.45) is 9.45. The van der Waals surface area contributed by atoms with E-state index in [4.69, 9.17) is 9.15 Å². The molecule has 0 saturated heterocycles. The average Bonchev–Trinajstić information content (AvgIpc) is 3.37. The van der Waals surface area contributed by atoms with Crippen LogP contribution >= 0.6 is 0 Å². The van der Waals surface area contributed by atoms with Gasteiger partial charge in [0.15, 0.2) is 0 Å². The summed E-state index contributed by atoms with van der Waals surface area (Å²) in [6, 6.07) is 0. The molecule has 1 aliphatic heterocycles. The van der Waals surface area contributed by atoms with Gasteiger partial charge in [-0.15, -0.1) is 0 Å². The third-order valence-corrected chi connectivity index (χ3v) is 6.88. The Morgan fingerprint density at radius 1 is 1.22 bits per heavy atom. The van der Waals surface area contributed by atoms with Crippen LogP contribution in [0.25, 0.3) is 11.1 Å². The minimum atomic E-state index is -0.0919. The van der Waals surface area contributed by atoms with Crippen LogP contribution in [0.1, 0.15) is 66.4 Å². The molecule has 0 spiro atoms. The molecule has 0 atom stereocenters. The number of hydrogen-bond donors (Lipinski definition) is 1. The molecule has 4 heterocycles. The maximum atomic E-state index is 13.7. The van der Waals surface area contributed by atoms with Crippen LogP contribution in [0.2, 0.25) is 0 Å². The second-order valence-corrected chi connectivity index (χ2v) is 9.37. The molecule has 2 aliphatic carbocycles. The molecule has 0 radical (unpaired) electrons. The number of anilines is 1. The zero-order valence-electron chi connectivity index (χ0n) is 18.3. The zero-order valence-corrected chi connectivity index (χ0v) is 18.3. The van der Waals surface area contributed by atoms with Crippen molar-refractivity contribution < 1.29 is 13.9 Å². The lowest BCUT2D eigenvalue weighted by Crippen LogP contribution is -2.37. The predicted octanol–water partition coefficient (Wildman–Crippen LogP) is 3.42. The molecule has 9 heteroatoms. The van der Waals surface area contributed by atoms with Gasteiger partial charge in [-0.3, -0.25) is 4.79 Å². The number of aryl methyl sites for hydroxylation is 1. The predicted molar refractivity (Wildman–Crippen MR) is 117 cm³/mol. The number of fused-ring (bicyclic) bond motifs is 2. The molecule has 0 unspecified atom stereocenters. The number of furan rings is 1. The summed E-state index contributed by atoms with van der Waals surface area (Å²) in [5.74, 6) is 1.79. The number of nitrogens with zero attached hydrogens (tertiary/aromatic N) is 5. The summed E-state index contributed by atoms with van der Waals surface area (Å²) in [5.41, 5.74) is 2.84. The van der Waals surface area contributed by atoms with Crippen molar-refractivity contribution in [1.82, 2.24) is 24.8 Å². The molecule has 1 N–H and O–H groups in total. The third-order valence-electron chi connectivity index (χ3n) is 6.88. The van der Waals surface area contributed by atoms with Crippen LogP contribution < -0.4 is 10.1 Å². The van der Waals surface area contributed by atoms with Crippen LogP contribution in [0.3, 0.4) is 0 Å². The fourth-order valence-electron chi connectivity index (χ4n) is 4.40. The standard InChI is InChI=1S/C23H26N6O3/c1-13-17(18-19(28-23(2)7-8-23)25-12-27-21(18)31-13)22(30)29-9-6-15-16(10-29)24-11-26-20(15)32-14-4-3-5-14/h11-12,14H,3-10H2,1-2H3,(H,25,27,28). The summed E-state index contributed by atoms with van der Waals surface area (Å²) in [6.45, 7) is 4.95. The van der Waals surface area contributed by atoms with Gasteiger partial charge in [0.25, 0.3) is 5.91 Å². The first-order chi connectivity index (χ1) is 15.5. The van der Waals surface area contributed by atoms with Crippen molar-refractivity contribution in [3.05, 3.63) is 35.2 Å². The number of aromatic nitrogens is 4. The molecule has 9 nitrogen and oxygen atoms in total. The van der Waals surface area contributed by atoms with Gasteiger partial charge in [-0.2, -0.15) is 0 Å². The molecule has 3 aromatic rings. The van der Waals surface area contributed by atoms with Gasteiger partial charge in [0.05, 0.1) is 23.2 Å². The van der Waals surface area contributed by atoms with E-state index in [-0.39, 0.29) is 17.6 Å². The van der Waals surface area contributed by atoms with E-state index in [1.54, 1.807) is 0 Å². The van der Waals surface area contributed by atoms with Gasteiger partial charge in [0.2, 0.25) is 11.6 Å². The number of carbonyl (C=O) groups is 1. The molecule has 0 bridgehead atoms. The van der Waals surface area contributed by atoms with Crippen LogP contribution in [0.15, 0.2) is 17.1 Å². The van der Waals surface area contributed by atoms with Crippen molar-refractivity contribution in [2.24, 2.45) is 0 Å². The summed E-state index contributed by atoms with van der Waals surface area (Å²) < 4.78 is 11.9. The topological polar surface area (TPSA) is 106 Å². The van der Waals surface area contributed by atoms with Gasteiger partial charge in [-0.1, -0.05) is 0 Å². The number of carbonyl (C=O) groups excluding carboxylic acids is 1. The lowest BCUT2D eigenvalue weighted by Gasteiger charge is -2.31. The Morgan fingerprint density at radius 3 is 2.78 bits per heavy atom. The Labute approximate surface area is 185 Å². The van der Waals surface area contributed by atoms with Gasteiger partial charge >= 0.3 is 0 Å². The van der Waals surface area contributed by atoms with E-state index in [1.807, 2.05) is 11.8 Å². The lowest BCUT2D eigenvalue weighted by atomic mass is 9.96. The maximum Gasteiger partial charge on any atom is 0.258 e. The van der Waals surface area contributed by atoms with Crippen LogP contribution in [0, 0.1) is 6.92 Å². The molecule has 32 heavy (non-hydrogen) atoms. The van der Waals surface area contributed by atoms with Gasteiger partial charge in [-0.05, 0) is 52.4 Å². The first kappa shape index (κ1) is 19.5. The summed E-state index contributed by atoms with van der Waals surface area (Å²) in [7, 11) is 0. The van der Waals surface area contributed by atoms with Crippen LogP contribution in [-0.2, 0) is 13.0 Å². The average molecular weight is 435 g/mol. The van der Waals surface area contributed by atoms with E-state index in [0.29, 0.717) is 53.6 Å². The van der Waals surface area contributed by atoms with Crippen LogP contribution in [0.4, 0.5) is 5.82 Å². The highest BCUT2D eigenvalue weighted by Crippen LogP contribution is 2.40. The van der Waals surface area contributed by atoms with Crippen molar-refractivity contribution in [3.8, 4) is 5.88 Å². The van der Waals surface area contributed by atoms with Crippen LogP contribution in [0.5, 0.6) is 5.88 Å². The quantitative estimate of drug-likeness (QED) is 0.651. The second kappa shape index (κ2) is 7.15. The highest BCUT2D eigenvalue weighted by molar-refractivity contribution is 6.10. The Morgan fingerprint density at radius 2 is 2.03 bits per heavy atom. The molecular formula is C23H26N6O3. The minimum Gasteiger partial charge on any atom is -0.474 e. The fraction of sp³-hybridized carbons (Fsp3) is 0.522. The SMILES string of the molecule is Cc1oc2ncnc(NC3(C)CC3)c2c1C(=O)N1CCc2c(ncnc2OC2CCC2)C1. The van der Waals surface area contributed by atoms with E-state index in [0.717, 1.165) is 36.9 Å². The van der Waals surface area contributed by atoms with Crippen molar-refractivity contribution >= 4 is 22.8 Å². The molecule has 0 aromatic carbocycles. The molecular weight excluding hydrogens is 408 g/mol. The first-order valence-electron chi connectivity index (χ1n) is 11.3. The molecule has 166 valence electrons. The minimum absolute atomic E-state index is 0.0185.